The Balaban J connectivity index is 1.62. The topological polar surface area (TPSA) is 92.4 Å². The van der Waals surface area contributed by atoms with Gasteiger partial charge in [-0.25, -0.2) is 4.79 Å². The van der Waals surface area contributed by atoms with Gasteiger partial charge >= 0.3 is 12.2 Å². The minimum atomic E-state index is -4.69. The van der Waals surface area contributed by atoms with Crippen molar-refractivity contribution in [1.29, 1.82) is 0 Å². The van der Waals surface area contributed by atoms with Crippen LogP contribution in [0.1, 0.15) is 29.8 Å². The highest BCUT2D eigenvalue weighted by molar-refractivity contribution is 6.31. The molecule has 0 aliphatic carbocycles. The second-order valence-corrected chi connectivity index (χ2v) is 6.76. The van der Waals surface area contributed by atoms with Crippen LogP contribution in [-0.4, -0.2) is 23.4 Å². The third-order valence-corrected chi connectivity index (χ3v) is 4.35. The van der Waals surface area contributed by atoms with E-state index < -0.39 is 42.0 Å². The molecule has 2 aromatic carbocycles. The highest BCUT2D eigenvalue weighted by Gasteiger charge is 2.33. The molecule has 0 unspecified atom stereocenters. The van der Waals surface area contributed by atoms with Gasteiger partial charge in [0, 0.05) is 37.0 Å². The molecule has 1 aromatic heterocycles. The molecule has 11 heteroatoms. The summed E-state index contributed by atoms with van der Waals surface area (Å²) in [5, 5.41) is 5.99. The number of carbonyl (C=O) groups is 2. The minimum absolute atomic E-state index is 0.122. The van der Waals surface area contributed by atoms with Crippen LogP contribution in [0.15, 0.2) is 60.8 Å². The summed E-state index contributed by atoms with van der Waals surface area (Å²) in [5.74, 6) is -0.676. The summed E-state index contributed by atoms with van der Waals surface area (Å²) in [5.41, 5.74) is -1.22. The number of ether oxygens (including phenoxy) is 1. The number of hydrogen-bond acceptors (Lipinski definition) is 4. The lowest BCUT2D eigenvalue weighted by atomic mass is 10.2. The summed E-state index contributed by atoms with van der Waals surface area (Å²) in [6.45, 7) is -6.07. The Kier molecular flexibility index (Phi) is 5.49. The fourth-order valence-electron chi connectivity index (χ4n) is 2.58. The van der Waals surface area contributed by atoms with Gasteiger partial charge in [-0.2, -0.15) is 13.2 Å². The molecule has 0 fully saturated rings. The minimum Gasteiger partial charge on any atom is -0.457 e. The first-order chi connectivity index (χ1) is 17.5. The lowest BCUT2D eigenvalue weighted by Gasteiger charge is -2.12. The van der Waals surface area contributed by atoms with Crippen LogP contribution in [0, 0.1) is 0 Å². The number of urea groups is 1. The van der Waals surface area contributed by atoms with Gasteiger partial charge in [-0.05, 0) is 55.4 Å². The first-order valence-corrected chi connectivity index (χ1v) is 9.44. The van der Waals surface area contributed by atoms with Gasteiger partial charge in [0.25, 0.3) is 5.91 Å². The molecule has 7 nitrogen and oxygen atoms in total. The molecule has 33 heavy (non-hydrogen) atoms. The number of alkyl halides is 3. The number of nitrogens with zero attached hydrogens (tertiary/aromatic N) is 1. The van der Waals surface area contributed by atoms with Gasteiger partial charge in [-0.3, -0.25) is 9.78 Å². The average Bonchev–Trinajstić information content (AvgIpc) is 2.80. The Hall–Kier alpha value is -3.79. The van der Waals surface area contributed by atoms with E-state index in [1.54, 1.807) is 5.32 Å². The van der Waals surface area contributed by atoms with E-state index in [2.05, 4.69) is 15.6 Å². The van der Waals surface area contributed by atoms with E-state index in [-0.39, 0.29) is 28.6 Å². The van der Waals surface area contributed by atoms with Crippen LogP contribution in [0.2, 0.25) is 5.02 Å². The maximum atomic E-state index is 13.0. The molecule has 0 bridgehead atoms. The van der Waals surface area contributed by atoms with E-state index in [0.29, 0.717) is 6.07 Å². The Labute approximate surface area is 199 Å². The van der Waals surface area contributed by atoms with E-state index in [4.69, 9.17) is 23.2 Å². The third kappa shape index (κ3) is 6.59. The monoisotopic (exact) mass is 483 g/mol. The molecule has 0 atom stereocenters. The van der Waals surface area contributed by atoms with Crippen LogP contribution in [0.5, 0.6) is 11.5 Å². The number of anilines is 2. The molecular weight excluding hydrogens is 461 g/mol. The van der Waals surface area contributed by atoms with Crippen molar-refractivity contribution in [3.63, 3.8) is 0 Å². The van der Waals surface area contributed by atoms with Crippen molar-refractivity contribution in [1.82, 2.24) is 10.3 Å². The molecule has 0 aliphatic heterocycles. The predicted octanol–water partition coefficient (Wildman–Crippen LogP) is 5.94. The smallest absolute Gasteiger partial charge is 0.417 e. The molecule has 1 heterocycles. The van der Waals surface area contributed by atoms with Crippen molar-refractivity contribution in [3.05, 3.63) is 77.1 Å². The number of rotatable bonds is 6. The zero-order chi connectivity index (χ0) is 28.3. The fourth-order valence-corrected chi connectivity index (χ4v) is 2.80. The first kappa shape index (κ1) is 17.7. The van der Waals surface area contributed by atoms with Crippen molar-refractivity contribution in [2.24, 2.45) is 0 Å². The van der Waals surface area contributed by atoms with Crippen LogP contribution in [0.4, 0.5) is 29.3 Å². The number of halogens is 4. The van der Waals surface area contributed by atoms with E-state index in [1.807, 2.05) is 0 Å². The molecule has 0 saturated carbocycles. The fraction of sp³-hybridized carbons (Fsp3) is 0.136. The molecule has 0 spiro atoms. The second-order valence-electron chi connectivity index (χ2n) is 6.35. The third-order valence-electron chi connectivity index (χ3n) is 4.02. The molecule has 3 rings (SSSR count). The molecule has 3 N–H and O–H groups in total. The first-order valence-electron chi connectivity index (χ1n) is 11.6. The van der Waals surface area contributed by atoms with E-state index in [1.165, 1.54) is 48.7 Å². The van der Waals surface area contributed by atoms with Crippen LogP contribution < -0.4 is 20.7 Å². The number of nitrogens with one attached hydrogen (secondary N) is 3. The predicted molar refractivity (Wildman–Crippen MR) is 118 cm³/mol. The van der Waals surface area contributed by atoms with E-state index in [9.17, 15) is 22.8 Å². The van der Waals surface area contributed by atoms with Crippen LogP contribution in [0.3, 0.4) is 0 Å². The van der Waals surface area contributed by atoms with Crippen molar-refractivity contribution >= 4 is 34.9 Å². The lowest BCUT2D eigenvalue weighted by molar-refractivity contribution is -0.137. The van der Waals surface area contributed by atoms with Crippen molar-refractivity contribution in [3.8, 4) is 11.5 Å². The second kappa shape index (κ2) is 10.2. The summed E-state index contributed by atoms with van der Waals surface area (Å²) in [6.07, 6.45) is -3.48. The highest BCUT2D eigenvalue weighted by Crippen LogP contribution is 2.36. The van der Waals surface area contributed by atoms with E-state index in [0.717, 1.165) is 6.07 Å². The number of benzene rings is 2. The Morgan fingerprint density at radius 2 is 1.76 bits per heavy atom. The van der Waals surface area contributed by atoms with Gasteiger partial charge in [0.05, 0.1) is 10.6 Å². The summed E-state index contributed by atoms with van der Waals surface area (Å²) in [6, 6.07) is 10.5. The van der Waals surface area contributed by atoms with Crippen molar-refractivity contribution in [2.75, 3.05) is 17.1 Å². The summed E-state index contributed by atoms with van der Waals surface area (Å²) < 4.78 is 81.0. The van der Waals surface area contributed by atoms with Crippen molar-refractivity contribution in [2.45, 2.75) is 13.0 Å². The van der Waals surface area contributed by atoms with Crippen LogP contribution in [0.25, 0.3) is 0 Å². The van der Waals surface area contributed by atoms with Gasteiger partial charge in [0.2, 0.25) is 0 Å². The summed E-state index contributed by atoms with van der Waals surface area (Å²) in [4.78, 5) is 28.2. The molecule has 0 aliphatic rings. The number of hydrogen-bond donors (Lipinski definition) is 3. The zero-order valence-electron chi connectivity index (χ0n) is 21.5. The maximum Gasteiger partial charge on any atom is 0.417 e. The lowest BCUT2D eigenvalue weighted by Crippen LogP contribution is -2.23. The largest absolute Gasteiger partial charge is 0.457 e. The molecule has 0 radical (unpaired) electrons. The van der Waals surface area contributed by atoms with E-state index >= 15 is 0 Å². The number of amides is 3. The maximum absolute atomic E-state index is 13.0. The quantitative estimate of drug-likeness (QED) is 0.404. The van der Waals surface area contributed by atoms with Gasteiger partial charge in [-0.15, -0.1) is 0 Å². The van der Waals surface area contributed by atoms with Crippen LogP contribution >= 0.6 is 11.6 Å². The Bertz CT molecular complexity index is 1340. The van der Waals surface area contributed by atoms with Crippen LogP contribution in [-0.2, 0) is 6.18 Å². The number of aromatic nitrogens is 1. The van der Waals surface area contributed by atoms with Gasteiger partial charge in [0.1, 0.15) is 17.2 Å². The highest BCUT2D eigenvalue weighted by atomic mass is 35.5. The SMILES string of the molecule is [2H]C([2H])([2H])C([2H])([2H])NC(=O)c1cc(Oc2ccc(NC(=O)Nc3ccc(Cl)c(C(F)(F)F)c3)cc2)ccn1. The molecular formula is C22H18ClF3N4O3. The normalized spacial score (nSPS) is 14.0. The zero-order valence-corrected chi connectivity index (χ0v) is 17.2. The average molecular weight is 484 g/mol. The summed E-state index contributed by atoms with van der Waals surface area (Å²) in [7, 11) is 0. The number of carbonyl (C=O) groups excluding carboxylic acids is 2. The van der Waals surface area contributed by atoms with Gasteiger partial charge < -0.3 is 20.7 Å². The Morgan fingerprint density at radius 1 is 1.06 bits per heavy atom. The van der Waals surface area contributed by atoms with Gasteiger partial charge in [0.15, 0.2) is 0 Å². The molecule has 0 saturated heterocycles. The standard InChI is InChI=1S/C22H18ClF3N4O3/c1-2-27-20(31)19-12-16(9-10-28-19)33-15-6-3-13(4-7-15)29-21(32)30-14-5-8-18(23)17(11-14)22(24,25)26/h3-12H,2H2,1H3,(H,27,31)(H2,29,30,32)/i1D3,2D2. The molecule has 3 aromatic rings. The van der Waals surface area contributed by atoms with Crippen molar-refractivity contribution < 1.29 is 34.4 Å². The molecule has 172 valence electrons. The Morgan fingerprint density at radius 3 is 2.45 bits per heavy atom. The van der Waals surface area contributed by atoms with Gasteiger partial charge in [-0.1, -0.05) is 11.6 Å². The molecule has 3 amide bonds. The summed E-state index contributed by atoms with van der Waals surface area (Å²) >= 11 is 5.57. The number of pyridine rings is 1.